The average Bonchev–Trinajstić information content (AvgIpc) is 3.19. The summed E-state index contributed by atoms with van der Waals surface area (Å²) in [5, 5.41) is 3.49. The van der Waals surface area contributed by atoms with Crippen LogP contribution in [0.4, 0.5) is 5.69 Å². The Bertz CT molecular complexity index is 960. The molecule has 1 N–H and O–H groups in total. The highest BCUT2D eigenvalue weighted by Crippen LogP contribution is 2.34. The zero-order chi connectivity index (χ0) is 18.5. The number of oxazole rings is 1. The second-order valence-electron chi connectivity index (χ2n) is 9.18. The molecule has 0 unspecified atom stereocenters. The lowest BCUT2D eigenvalue weighted by atomic mass is 9.78. The maximum Gasteiger partial charge on any atom is 0.200 e. The van der Waals surface area contributed by atoms with Gasteiger partial charge in [0.15, 0.2) is 5.58 Å². The number of hydrogen-bond donors (Lipinski definition) is 1. The first-order valence-corrected chi connectivity index (χ1v) is 9.50. The smallest absolute Gasteiger partial charge is 0.200 e. The molecule has 0 saturated carbocycles. The molecule has 0 saturated heterocycles. The fourth-order valence-electron chi connectivity index (χ4n) is 3.72. The molecule has 3 nitrogen and oxygen atoms in total. The lowest BCUT2D eigenvalue weighted by Crippen LogP contribution is -2.20. The van der Waals surface area contributed by atoms with Gasteiger partial charge in [-0.15, -0.1) is 0 Å². The molecule has 3 heteroatoms. The van der Waals surface area contributed by atoms with E-state index in [-0.39, 0.29) is 10.8 Å². The highest BCUT2D eigenvalue weighted by molar-refractivity contribution is 5.73. The third-order valence-corrected chi connectivity index (χ3v) is 5.34. The van der Waals surface area contributed by atoms with Crippen LogP contribution in [-0.4, -0.2) is 11.5 Å². The average molecular weight is 348 g/mol. The van der Waals surface area contributed by atoms with E-state index in [0.29, 0.717) is 0 Å². The molecule has 2 aromatic carbocycles. The van der Waals surface area contributed by atoms with Gasteiger partial charge in [-0.25, -0.2) is 4.98 Å². The normalized spacial score (nSPS) is 14.5. The zero-order valence-electron chi connectivity index (χ0n) is 16.4. The molecule has 0 atom stereocenters. The number of fused-ring (bicyclic) bond motifs is 2. The van der Waals surface area contributed by atoms with Crippen LogP contribution in [0.15, 0.2) is 40.8 Å². The molecule has 0 radical (unpaired) electrons. The first kappa shape index (κ1) is 17.1. The predicted molar refractivity (Wildman–Crippen MR) is 108 cm³/mol. The minimum atomic E-state index is -0.0735. The Morgan fingerprint density at radius 3 is 2.62 bits per heavy atom. The van der Waals surface area contributed by atoms with Crippen molar-refractivity contribution in [3.05, 3.63) is 59.0 Å². The second kappa shape index (κ2) is 5.87. The quantitative estimate of drug-likeness (QED) is 0.668. The van der Waals surface area contributed by atoms with E-state index in [0.717, 1.165) is 36.4 Å². The van der Waals surface area contributed by atoms with Gasteiger partial charge in [-0.2, -0.15) is 0 Å². The van der Waals surface area contributed by atoms with E-state index in [1.165, 1.54) is 22.4 Å². The molecular weight excluding hydrogens is 320 g/mol. The van der Waals surface area contributed by atoms with Crippen molar-refractivity contribution < 1.29 is 4.42 Å². The summed E-state index contributed by atoms with van der Waals surface area (Å²) in [6, 6.07) is 13.3. The van der Waals surface area contributed by atoms with E-state index in [4.69, 9.17) is 4.42 Å². The molecule has 1 aliphatic heterocycles. The van der Waals surface area contributed by atoms with Gasteiger partial charge in [0.1, 0.15) is 5.52 Å². The van der Waals surface area contributed by atoms with Crippen molar-refractivity contribution >= 4 is 16.8 Å². The maximum absolute atomic E-state index is 6.03. The third kappa shape index (κ3) is 3.11. The van der Waals surface area contributed by atoms with Gasteiger partial charge >= 0.3 is 0 Å². The first-order chi connectivity index (χ1) is 12.2. The standard InChI is InChI=1S/C23H28N2O/c1-22(2,3)21-25-18-9-6-15(12-20(18)26-21)14-23(4,5)17-8-7-16-10-11-24-19(16)13-17/h6-9,12-13,24H,10-11,14H2,1-5H3. The van der Waals surface area contributed by atoms with Gasteiger partial charge in [0, 0.05) is 17.6 Å². The topological polar surface area (TPSA) is 38.1 Å². The van der Waals surface area contributed by atoms with Gasteiger partial charge in [0.25, 0.3) is 0 Å². The van der Waals surface area contributed by atoms with E-state index in [9.17, 15) is 0 Å². The van der Waals surface area contributed by atoms with Crippen molar-refractivity contribution in [2.24, 2.45) is 0 Å². The molecule has 0 spiro atoms. The molecular formula is C23H28N2O. The number of benzene rings is 2. The predicted octanol–water partition coefficient (Wildman–Crippen LogP) is 5.61. The van der Waals surface area contributed by atoms with Gasteiger partial charge in [-0.3, -0.25) is 0 Å². The minimum absolute atomic E-state index is 0.0554. The molecule has 0 amide bonds. The summed E-state index contributed by atoms with van der Waals surface area (Å²) >= 11 is 0. The van der Waals surface area contributed by atoms with Crippen LogP contribution in [0.3, 0.4) is 0 Å². The molecule has 2 heterocycles. The van der Waals surface area contributed by atoms with Crippen molar-refractivity contribution in [1.82, 2.24) is 4.98 Å². The van der Waals surface area contributed by atoms with Crippen LogP contribution in [0.5, 0.6) is 0 Å². The summed E-state index contributed by atoms with van der Waals surface area (Å²) in [6.45, 7) is 12.1. The Balaban J connectivity index is 1.63. The fourth-order valence-corrected chi connectivity index (χ4v) is 3.72. The van der Waals surface area contributed by atoms with Crippen molar-refractivity contribution in [3.8, 4) is 0 Å². The van der Waals surface area contributed by atoms with E-state index >= 15 is 0 Å². The van der Waals surface area contributed by atoms with Gasteiger partial charge in [0.2, 0.25) is 5.89 Å². The largest absolute Gasteiger partial charge is 0.440 e. The second-order valence-corrected chi connectivity index (χ2v) is 9.18. The van der Waals surface area contributed by atoms with Gasteiger partial charge in [0.05, 0.1) is 0 Å². The van der Waals surface area contributed by atoms with Crippen LogP contribution in [0, 0.1) is 0 Å². The van der Waals surface area contributed by atoms with Crippen LogP contribution >= 0.6 is 0 Å². The monoisotopic (exact) mass is 348 g/mol. The molecule has 0 aliphatic carbocycles. The third-order valence-electron chi connectivity index (χ3n) is 5.34. The Hall–Kier alpha value is -2.29. The van der Waals surface area contributed by atoms with E-state index in [2.05, 4.69) is 81.3 Å². The molecule has 26 heavy (non-hydrogen) atoms. The Labute approximate surface area is 155 Å². The van der Waals surface area contributed by atoms with Gasteiger partial charge in [-0.1, -0.05) is 52.8 Å². The highest BCUT2D eigenvalue weighted by Gasteiger charge is 2.25. The SMILES string of the molecule is CC(C)(C)c1nc2ccc(CC(C)(C)c3ccc4c(c3)NCC4)cc2o1. The van der Waals surface area contributed by atoms with Gasteiger partial charge < -0.3 is 9.73 Å². The number of aromatic nitrogens is 1. The lowest BCUT2D eigenvalue weighted by molar-refractivity contribution is 0.410. The van der Waals surface area contributed by atoms with Crippen LogP contribution < -0.4 is 5.32 Å². The molecule has 1 aromatic heterocycles. The molecule has 3 aromatic rings. The van der Waals surface area contributed by atoms with Crippen molar-refractivity contribution in [2.75, 3.05) is 11.9 Å². The maximum atomic E-state index is 6.03. The summed E-state index contributed by atoms with van der Waals surface area (Å²) < 4.78 is 6.03. The lowest BCUT2D eigenvalue weighted by Gasteiger charge is -2.26. The van der Waals surface area contributed by atoms with Crippen molar-refractivity contribution in [1.29, 1.82) is 0 Å². The molecule has 0 bridgehead atoms. The van der Waals surface area contributed by atoms with Crippen molar-refractivity contribution in [3.63, 3.8) is 0 Å². The Kier molecular flexibility index (Phi) is 3.87. The molecule has 136 valence electrons. The zero-order valence-corrected chi connectivity index (χ0v) is 16.4. The van der Waals surface area contributed by atoms with Crippen LogP contribution in [0.1, 0.15) is 57.2 Å². The fraction of sp³-hybridized carbons (Fsp3) is 0.435. The van der Waals surface area contributed by atoms with Crippen molar-refractivity contribution in [2.45, 2.75) is 58.3 Å². The number of nitrogens with zero attached hydrogens (tertiary/aromatic N) is 1. The van der Waals surface area contributed by atoms with E-state index < -0.39 is 0 Å². The number of nitrogens with one attached hydrogen (secondary N) is 1. The van der Waals surface area contributed by atoms with Crippen LogP contribution in [0.2, 0.25) is 0 Å². The first-order valence-electron chi connectivity index (χ1n) is 9.50. The number of rotatable bonds is 3. The van der Waals surface area contributed by atoms with E-state index in [1.807, 2.05) is 0 Å². The molecule has 0 fully saturated rings. The summed E-state index contributed by atoms with van der Waals surface area (Å²) in [5.41, 5.74) is 7.21. The molecule has 4 rings (SSSR count). The van der Waals surface area contributed by atoms with Crippen LogP contribution in [0.25, 0.3) is 11.1 Å². The molecule has 1 aliphatic rings. The Morgan fingerprint density at radius 1 is 1.04 bits per heavy atom. The summed E-state index contributed by atoms with van der Waals surface area (Å²) in [5.74, 6) is 0.800. The minimum Gasteiger partial charge on any atom is -0.440 e. The van der Waals surface area contributed by atoms with Gasteiger partial charge in [-0.05, 0) is 53.1 Å². The Morgan fingerprint density at radius 2 is 1.85 bits per heavy atom. The summed E-state index contributed by atoms with van der Waals surface area (Å²) in [6.07, 6.45) is 2.10. The summed E-state index contributed by atoms with van der Waals surface area (Å²) in [7, 11) is 0. The summed E-state index contributed by atoms with van der Waals surface area (Å²) in [4.78, 5) is 4.64. The van der Waals surface area contributed by atoms with Crippen LogP contribution in [-0.2, 0) is 23.7 Å². The number of hydrogen-bond acceptors (Lipinski definition) is 3. The number of anilines is 1. The van der Waals surface area contributed by atoms with E-state index in [1.54, 1.807) is 0 Å². The highest BCUT2D eigenvalue weighted by atomic mass is 16.3.